The fraction of sp³-hybridized carbons (Fsp3) is 0.273. The van der Waals surface area contributed by atoms with Gasteiger partial charge in [-0.3, -0.25) is 0 Å². The molecule has 0 radical (unpaired) electrons. The van der Waals surface area contributed by atoms with Gasteiger partial charge in [0.2, 0.25) is 0 Å². The van der Waals surface area contributed by atoms with E-state index in [1.54, 1.807) is 28.4 Å². The van der Waals surface area contributed by atoms with Crippen molar-refractivity contribution in [2.24, 2.45) is 0 Å². The topological polar surface area (TPSA) is 64.6 Å². The van der Waals surface area contributed by atoms with Crippen LogP contribution >= 0.6 is 15.9 Å². The molecule has 270 valence electrons. The second-order valence-electron chi connectivity index (χ2n) is 12.0. The van der Waals surface area contributed by atoms with Crippen molar-refractivity contribution in [3.05, 3.63) is 125 Å². The molecule has 0 unspecified atom stereocenters. The summed E-state index contributed by atoms with van der Waals surface area (Å²) in [5.74, 6) is 11.3. The Morgan fingerprint density at radius 2 is 0.981 bits per heavy atom. The molecule has 7 nitrogen and oxygen atoms in total. The van der Waals surface area contributed by atoms with E-state index in [2.05, 4.69) is 46.0 Å². The zero-order valence-electron chi connectivity index (χ0n) is 30.4. The molecule has 0 spiro atoms. The molecule has 0 aromatic heterocycles. The molecule has 5 aromatic carbocycles. The Morgan fingerprint density at radius 1 is 0.500 bits per heavy atom. The first-order chi connectivity index (χ1) is 25.5. The molecule has 0 N–H and O–H groups in total. The Balaban J connectivity index is 1.60. The molecular formula is C44H45BrO7. The standard InChI is InChI=1S/C44H45BrO7/c1-6-7-8-9-10-35-25-39(50-28-31-11-17-36(46-2)18-12-31)26-40(49-5)43(35)44-41(51-29-32-13-19-37(47-3)20-14-32)23-34(27-45)24-42(44)52-30-33-15-21-38(48-4)22-16-33/h11-26H,8-10,27-30H2,1-5H3. The van der Waals surface area contributed by atoms with Gasteiger partial charge in [0.1, 0.15) is 60.1 Å². The zero-order valence-corrected chi connectivity index (χ0v) is 32.0. The molecule has 0 fully saturated rings. The number of hydrogen-bond acceptors (Lipinski definition) is 7. The van der Waals surface area contributed by atoms with E-state index in [0.717, 1.165) is 75.5 Å². The summed E-state index contributed by atoms with van der Waals surface area (Å²) in [6.45, 7) is 2.94. The van der Waals surface area contributed by atoms with E-state index in [9.17, 15) is 0 Å². The van der Waals surface area contributed by atoms with Gasteiger partial charge in [0.15, 0.2) is 0 Å². The number of alkyl halides is 1. The Labute approximate surface area is 315 Å². The maximum absolute atomic E-state index is 6.69. The first-order valence-electron chi connectivity index (χ1n) is 17.1. The third-order valence-electron chi connectivity index (χ3n) is 8.50. The van der Waals surface area contributed by atoms with Crippen LogP contribution in [-0.4, -0.2) is 28.4 Å². The van der Waals surface area contributed by atoms with Crippen LogP contribution in [0.1, 0.15) is 47.6 Å². The molecule has 0 bridgehead atoms. The van der Waals surface area contributed by atoms with Crippen LogP contribution in [0.3, 0.4) is 0 Å². The summed E-state index contributed by atoms with van der Waals surface area (Å²) in [5, 5.41) is 0.614. The van der Waals surface area contributed by atoms with Crippen LogP contribution in [-0.2, 0) is 31.6 Å². The molecule has 0 aliphatic carbocycles. The third-order valence-corrected chi connectivity index (χ3v) is 9.15. The van der Waals surface area contributed by atoms with Gasteiger partial charge in [-0.1, -0.05) is 52.3 Å². The normalized spacial score (nSPS) is 10.5. The minimum atomic E-state index is 0.341. The van der Waals surface area contributed by atoms with Crippen LogP contribution in [0.5, 0.6) is 40.2 Å². The SMILES string of the molecule is CC#CCCCc1cc(OCc2ccc(OC)cc2)cc(OC)c1-c1c(OCc2ccc(OC)cc2)cc(CBr)cc1OCc1ccc(OC)cc1. The van der Waals surface area contributed by atoms with Crippen molar-refractivity contribution in [3.8, 4) is 63.2 Å². The smallest absolute Gasteiger partial charge is 0.131 e. The molecular weight excluding hydrogens is 720 g/mol. The van der Waals surface area contributed by atoms with Crippen LogP contribution in [0.25, 0.3) is 11.1 Å². The second-order valence-corrected chi connectivity index (χ2v) is 12.5. The van der Waals surface area contributed by atoms with Gasteiger partial charge >= 0.3 is 0 Å². The quantitative estimate of drug-likeness (QED) is 0.0500. The summed E-state index contributed by atoms with van der Waals surface area (Å²) in [5.41, 5.74) is 6.78. The van der Waals surface area contributed by atoms with Gasteiger partial charge in [-0.2, -0.15) is 0 Å². The van der Waals surface area contributed by atoms with Gasteiger partial charge in [0, 0.05) is 23.4 Å². The predicted molar refractivity (Wildman–Crippen MR) is 209 cm³/mol. The van der Waals surface area contributed by atoms with Crippen molar-refractivity contribution < 1.29 is 33.2 Å². The molecule has 0 aliphatic rings. The molecule has 0 amide bonds. The minimum absolute atomic E-state index is 0.341. The highest BCUT2D eigenvalue weighted by Gasteiger charge is 2.24. The summed E-state index contributed by atoms with van der Waals surface area (Å²) < 4.78 is 42.0. The number of hydrogen-bond donors (Lipinski definition) is 0. The Bertz CT molecular complexity index is 1870. The van der Waals surface area contributed by atoms with E-state index in [0.29, 0.717) is 48.1 Å². The predicted octanol–water partition coefficient (Wildman–Crippen LogP) is 10.4. The molecule has 0 atom stereocenters. The van der Waals surface area contributed by atoms with E-state index in [1.165, 1.54) is 0 Å². The summed E-state index contributed by atoms with van der Waals surface area (Å²) in [7, 11) is 6.66. The van der Waals surface area contributed by atoms with Gasteiger partial charge in [0.25, 0.3) is 0 Å². The third kappa shape index (κ3) is 10.2. The Hall–Kier alpha value is -5.26. The molecule has 0 aliphatic heterocycles. The van der Waals surface area contributed by atoms with E-state index < -0.39 is 0 Å². The number of unbranched alkanes of at least 4 members (excludes halogenated alkanes) is 1. The highest BCUT2D eigenvalue weighted by molar-refractivity contribution is 9.08. The van der Waals surface area contributed by atoms with Crippen molar-refractivity contribution in [1.82, 2.24) is 0 Å². The summed E-state index contributed by atoms with van der Waals surface area (Å²) >= 11 is 3.68. The van der Waals surface area contributed by atoms with Gasteiger partial charge in [-0.15, -0.1) is 11.8 Å². The van der Waals surface area contributed by atoms with Gasteiger partial charge in [-0.05, 0) is 102 Å². The molecule has 52 heavy (non-hydrogen) atoms. The van der Waals surface area contributed by atoms with Crippen molar-refractivity contribution in [2.75, 3.05) is 28.4 Å². The molecule has 0 saturated heterocycles. The van der Waals surface area contributed by atoms with Crippen LogP contribution in [0.15, 0.2) is 97.1 Å². The lowest BCUT2D eigenvalue weighted by molar-refractivity contribution is 0.291. The van der Waals surface area contributed by atoms with Crippen molar-refractivity contribution in [3.63, 3.8) is 0 Å². The Kier molecular flexibility index (Phi) is 14.2. The van der Waals surface area contributed by atoms with Gasteiger partial charge < -0.3 is 33.2 Å². The van der Waals surface area contributed by atoms with Crippen molar-refractivity contribution in [1.29, 1.82) is 0 Å². The van der Waals surface area contributed by atoms with Crippen molar-refractivity contribution in [2.45, 2.75) is 51.3 Å². The van der Waals surface area contributed by atoms with E-state index in [4.69, 9.17) is 33.2 Å². The number of benzene rings is 5. The van der Waals surface area contributed by atoms with E-state index >= 15 is 0 Å². The van der Waals surface area contributed by atoms with Crippen LogP contribution in [0.4, 0.5) is 0 Å². The number of rotatable bonds is 18. The van der Waals surface area contributed by atoms with Crippen LogP contribution in [0.2, 0.25) is 0 Å². The summed E-state index contributed by atoms with van der Waals surface area (Å²) in [6.07, 6.45) is 2.35. The molecule has 8 heteroatoms. The molecule has 5 aromatic rings. The summed E-state index contributed by atoms with van der Waals surface area (Å²) in [4.78, 5) is 0. The number of ether oxygens (including phenoxy) is 7. The van der Waals surface area contributed by atoms with E-state index in [-0.39, 0.29) is 0 Å². The number of methoxy groups -OCH3 is 4. The minimum Gasteiger partial charge on any atom is -0.497 e. The highest BCUT2D eigenvalue weighted by atomic mass is 79.9. The number of halogens is 1. The maximum atomic E-state index is 6.69. The fourth-order valence-corrected chi connectivity index (χ4v) is 6.04. The Morgan fingerprint density at radius 3 is 1.40 bits per heavy atom. The average molecular weight is 766 g/mol. The van der Waals surface area contributed by atoms with Crippen LogP contribution < -0.4 is 33.2 Å². The number of aryl methyl sites for hydroxylation is 1. The fourth-order valence-electron chi connectivity index (χ4n) is 5.71. The lowest BCUT2D eigenvalue weighted by Crippen LogP contribution is -2.05. The first-order valence-corrected chi connectivity index (χ1v) is 18.2. The monoisotopic (exact) mass is 764 g/mol. The van der Waals surface area contributed by atoms with Gasteiger partial charge in [-0.25, -0.2) is 0 Å². The zero-order chi connectivity index (χ0) is 36.7. The highest BCUT2D eigenvalue weighted by Crippen LogP contribution is 2.48. The van der Waals surface area contributed by atoms with Crippen molar-refractivity contribution >= 4 is 15.9 Å². The summed E-state index contributed by atoms with van der Waals surface area (Å²) in [6, 6.07) is 31.8. The van der Waals surface area contributed by atoms with Gasteiger partial charge in [0.05, 0.1) is 34.0 Å². The molecule has 0 saturated carbocycles. The largest absolute Gasteiger partial charge is 0.497 e. The van der Waals surface area contributed by atoms with Crippen LogP contribution in [0, 0.1) is 11.8 Å². The molecule has 5 rings (SSSR count). The molecule has 0 heterocycles. The maximum Gasteiger partial charge on any atom is 0.131 e. The first kappa shape index (κ1) is 38.0. The lowest BCUT2D eigenvalue weighted by atomic mass is 9.92. The van der Waals surface area contributed by atoms with E-state index in [1.807, 2.05) is 85.8 Å². The second kappa shape index (κ2) is 19.4. The lowest BCUT2D eigenvalue weighted by Gasteiger charge is -2.23. The average Bonchev–Trinajstić information content (AvgIpc) is 3.20.